The maximum Gasteiger partial charge on any atom is 0.191 e. The van der Waals surface area contributed by atoms with Crippen LogP contribution in [0, 0.1) is 5.92 Å². The van der Waals surface area contributed by atoms with Gasteiger partial charge in [-0.25, -0.2) is 0 Å². The molecular formula is C20H34N4O2. The Morgan fingerprint density at radius 1 is 1.23 bits per heavy atom. The molecule has 6 nitrogen and oxygen atoms in total. The number of nitrogens with zero attached hydrogens (tertiary/aromatic N) is 2. The van der Waals surface area contributed by atoms with Gasteiger partial charge in [0, 0.05) is 52.1 Å². The van der Waals surface area contributed by atoms with E-state index in [4.69, 9.17) is 9.47 Å². The van der Waals surface area contributed by atoms with Crippen LogP contribution in [0.4, 0.5) is 5.69 Å². The molecule has 26 heavy (non-hydrogen) atoms. The zero-order valence-corrected chi connectivity index (χ0v) is 16.5. The Balaban J connectivity index is 1.76. The summed E-state index contributed by atoms with van der Waals surface area (Å²) in [5.74, 6) is 1.41. The number of para-hydroxylation sites is 1. The van der Waals surface area contributed by atoms with Crippen molar-refractivity contribution in [3.05, 3.63) is 29.8 Å². The fourth-order valence-electron chi connectivity index (χ4n) is 2.87. The van der Waals surface area contributed by atoms with Crippen molar-refractivity contribution in [2.75, 3.05) is 58.0 Å². The molecule has 146 valence electrons. The molecule has 1 aromatic carbocycles. The van der Waals surface area contributed by atoms with Crippen molar-refractivity contribution in [3.8, 4) is 0 Å². The molecular weight excluding hydrogens is 328 g/mol. The molecule has 1 saturated heterocycles. The minimum Gasteiger partial charge on any atom is -0.381 e. The highest BCUT2D eigenvalue weighted by molar-refractivity contribution is 5.79. The number of rotatable bonds is 9. The summed E-state index contributed by atoms with van der Waals surface area (Å²) in [6.07, 6.45) is 0.970. The average Bonchev–Trinajstić information content (AvgIpc) is 2.67. The highest BCUT2D eigenvalue weighted by Gasteiger charge is 2.14. The van der Waals surface area contributed by atoms with Crippen molar-refractivity contribution in [1.29, 1.82) is 0 Å². The fraction of sp³-hybridized carbons (Fsp3) is 0.650. The van der Waals surface area contributed by atoms with E-state index in [2.05, 4.69) is 58.6 Å². The van der Waals surface area contributed by atoms with Crippen LogP contribution in [0.3, 0.4) is 0 Å². The molecule has 0 saturated carbocycles. The molecule has 1 heterocycles. The lowest BCUT2D eigenvalue weighted by Crippen LogP contribution is -2.39. The maximum atomic E-state index is 5.61. The van der Waals surface area contributed by atoms with Gasteiger partial charge < -0.3 is 25.0 Å². The standard InChI is InChI=1S/C20H34N4O2/c1-17(2)16-26-12-6-9-22-20(21-3)23-15-18-7-4-5-8-19(18)24-10-13-25-14-11-24/h4-5,7-8,17H,6,9-16H2,1-3H3,(H2,21,22,23). The number of anilines is 1. The first-order valence-electron chi connectivity index (χ1n) is 9.63. The summed E-state index contributed by atoms with van der Waals surface area (Å²) in [5, 5.41) is 6.77. The summed E-state index contributed by atoms with van der Waals surface area (Å²) in [6.45, 7) is 11.0. The van der Waals surface area contributed by atoms with E-state index in [1.54, 1.807) is 7.05 Å². The molecule has 0 atom stereocenters. The van der Waals surface area contributed by atoms with Crippen molar-refractivity contribution in [1.82, 2.24) is 10.6 Å². The van der Waals surface area contributed by atoms with Crippen molar-refractivity contribution >= 4 is 11.6 Å². The lowest BCUT2D eigenvalue weighted by atomic mass is 10.1. The van der Waals surface area contributed by atoms with E-state index >= 15 is 0 Å². The Labute approximate surface area is 158 Å². The SMILES string of the molecule is CN=C(NCCCOCC(C)C)NCc1ccccc1N1CCOCC1. The third-order valence-corrected chi connectivity index (χ3v) is 4.22. The zero-order chi connectivity index (χ0) is 18.6. The van der Waals surface area contributed by atoms with Gasteiger partial charge in [-0.2, -0.15) is 0 Å². The van der Waals surface area contributed by atoms with Crippen molar-refractivity contribution in [2.45, 2.75) is 26.8 Å². The number of aliphatic imine (C=N–C) groups is 1. The third-order valence-electron chi connectivity index (χ3n) is 4.22. The van der Waals surface area contributed by atoms with E-state index in [1.807, 2.05) is 0 Å². The molecule has 0 spiro atoms. The van der Waals surface area contributed by atoms with Crippen LogP contribution in [0.5, 0.6) is 0 Å². The Morgan fingerprint density at radius 3 is 2.73 bits per heavy atom. The zero-order valence-electron chi connectivity index (χ0n) is 16.5. The van der Waals surface area contributed by atoms with E-state index in [-0.39, 0.29) is 0 Å². The van der Waals surface area contributed by atoms with Crippen molar-refractivity contribution in [3.63, 3.8) is 0 Å². The van der Waals surface area contributed by atoms with Crippen LogP contribution in [0.25, 0.3) is 0 Å². The molecule has 6 heteroatoms. The quantitative estimate of drug-likeness (QED) is 0.401. The second-order valence-corrected chi connectivity index (χ2v) is 6.90. The largest absolute Gasteiger partial charge is 0.381 e. The van der Waals surface area contributed by atoms with Crippen LogP contribution < -0.4 is 15.5 Å². The number of morpholine rings is 1. The van der Waals surface area contributed by atoms with Crippen LogP contribution in [0.15, 0.2) is 29.3 Å². The Hall–Kier alpha value is -1.79. The maximum absolute atomic E-state index is 5.61. The first-order valence-corrected chi connectivity index (χ1v) is 9.63. The minimum absolute atomic E-state index is 0.587. The van der Waals surface area contributed by atoms with Gasteiger partial charge in [0.15, 0.2) is 5.96 Å². The number of nitrogens with one attached hydrogen (secondary N) is 2. The molecule has 1 aliphatic rings. The van der Waals surface area contributed by atoms with Gasteiger partial charge in [0.05, 0.1) is 13.2 Å². The first-order chi connectivity index (χ1) is 12.7. The molecule has 0 bridgehead atoms. The Morgan fingerprint density at radius 2 is 2.00 bits per heavy atom. The van der Waals surface area contributed by atoms with Gasteiger partial charge in [0.1, 0.15) is 0 Å². The second-order valence-electron chi connectivity index (χ2n) is 6.90. The van der Waals surface area contributed by atoms with Crippen LogP contribution in [-0.2, 0) is 16.0 Å². The summed E-state index contributed by atoms with van der Waals surface area (Å²) in [4.78, 5) is 6.70. The number of guanidine groups is 1. The summed E-state index contributed by atoms with van der Waals surface area (Å²) >= 11 is 0. The topological polar surface area (TPSA) is 58.1 Å². The molecule has 1 aromatic rings. The lowest BCUT2D eigenvalue weighted by Gasteiger charge is -2.30. The Kier molecular flexibility index (Phi) is 9.28. The number of ether oxygens (including phenoxy) is 2. The lowest BCUT2D eigenvalue weighted by molar-refractivity contribution is 0.108. The van der Waals surface area contributed by atoms with Gasteiger partial charge in [-0.3, -0.25) is 4.99 Å². The molecule has 0 aliphatic carbocycles. The number of benzene rings is 1. The average molecular weight is 363 g/mol. The Bertz CT molecular complexity index is 542. The van der Waals surface area contributed by atoms with Crippen molar-refractivity contribution in [2.24, 2.45) is 10.9 Å². The summed E-state index contributed by atoms with van der Waals surface area (Å²) in [6, 6.07) is 8.54. The number of hydrogen-bond donors (Lipinski definition) is 2. The van der Waals surface area contributed by atoms with E-state index in [0.29, 0.717) is 5.92 Å². The summed E-state index contributed by atoms with van der Waals surface area (Å²) in [5.41, 5.74) is 2.55. The first kappa shape index (κ1) is 20.5. The fourth-order valence-corrected chi connectivity index (χ4v) is 2.87. The van der Waals surface area contributed by atoms with Crippen LogP contribution >= 0.6 is 0 Å². The van der Waals surface area contributed by atoms with Gasteiger partial charge in [0.25, 0.3) is 0 Å². The van der Waals surface area contributed by atoms with Crippen molar-refractivity contribution < 1.29 is 9.47 Å². The highest BCUT2D eigenvalue weighted by Crippen LogP contribution is 2.21. The molecule has 2 N–H and O–H groups in total. The molecule has 0 unspecified atom stereocenters. The van der Waals surface area contributed by atoms with E-state index < -0.39 is 0 Å². The van der Waals surface area contributed by atoms with Crippen LogP contribution in [0.2, 0.25) is 0 Å². The number of hydrogen-bond acceptors (Lipinski definition) is 4. The van der Waals surface area contributed by atoms with Crippen LogP contribution in [0.1, 0.15) is 25.8 Å². The molecule has 1 aliphatic heterocycles. The normalized spacial score (nSPS) is 15.4. The third kappa shape index (κ3) is 7.22. The van der Waals surface area contributed by atoms with E-state index in [9.17, 15) is 0 Å². The molecule has 2 rings (SSSR count). The predicted molar refractivity (Wildman–Crippen MR) is 108 cm³/mol. The van der Waals surface area contributed by atoms with E-state index in [0.717, 1.165) is 65.0 Å². The molecule has 0 radical (unpaired) electrons. The summed E-state index contributed by atoms with van der Waals surface area (Å²) < 4.78 is 11.1. The molecule has 0 amide bonds. The molecule has 1 fully saturated rings. The minimum atomic E-state index is 0.587. The van der Waals surface area contributed by atoms with Gasteiger partial charge >= 0.3 is 0 Å². The van der Waals surface area contributed by atoms with Gasteiger partial charge in [-0.05, 0) is 24.0 Å². The van der Waals surface area contributed by atoms with Gasteiger partial charge in [0.2, 0.25) is 0 Å². The van der Waals surface area contributed by atoms with Gasteiger partial charge in [-0.1, -0.05) is 32.0 Å². The van der Waals surface area contributed by atoms with Gasteiger partial charge in [-0.15, -0.1) is 0 Å². The highest BCUT2D eigenvalue weighted by atomic mass is 16.5. The smallest absolute Gasteiger partial charge is 0.191 e. The van der Waals surface area contributed by atoms with Crippen LogP contribution in [-0.4, -0.2) is 59.1 Å². The summed E-state index contributed by atoms with van der Waals surface area (Å²) in [7, 11) is 1.80. The predicted octanol–water partition coefficient (Wildman–Crippen LogP) is 2.25. The second kappa shape index (κ2) is 11.8. The van der Waals surface area contributed by atoms with E-state index in [1.165, 1.54) is 11.3 Å². The molecule has 0 aromatic heterocycles. The monoisotopic (exact) mass is 362 g/mol.